The molecule has 7 nitrogen and oxygen atoms in total. The van der Waals surface area contributed by atoms with Crippen molar-refractivity contribution in [3.8, 4) is 11.4 Å². The Morgan fingerprint density at radius 1 is 1.03 bits per heavy atom. The molecule has 2 heterocycles. The minimum Gasteiger partial charge on any atom is -0.508 e. The molecule has 0 atom stereocenters. The molecule has 0 spiro atoms. The van der Waals surface area contributed by atoms with Crippen molar-refractivity contribution in [2.24, 2.45) is 0 Å². The van der Waals surface area contributed by atoms with E-state index in [4.69, 9.17) is 0 Å². The van der Waals surface area contributed by atoms with Crippen LogP contribution in [0.25, 0.3) is 11.8 Å². The van der Waals surface area contributed by atoms with Crippen molar-refractivity contribution in [2.75, 3.05) is 11.9 Å². The van der Waals surface area contributed by atoms with Crippen LogP contribution in [0.5, 0.6) is 5.75 Å². The van der Waals surface area contributed by atoms with Crippen molar-refractivity contribution in [3.05, 3.63) is 82.0 Å². The summed E-state index contributed by atoms with van der Waals surface area (Å²) in [7, 11) is 0. The van der Waals surface area contributed by atoms with E-state index in [-0.39, 0.29) is 17.2 Å². The second-order valence-corrected chi connectivity index (χ2v) is 8.85. The van der Waals surface area contributed by atoms with Gasteiger partial charge in [-0.25, -0.2) is 0 Å². The van der Waals surface area contributed by atoms with Crippen LogP contribution in [0.1, 0.15) is 22.5 Å². The summed E-state index contributed by atoms with van der Waals surface area (Å²) >= 11 is 0.825. The highest BCUT2D eigenvalue weighted by Gasteiger charge is 2.36. The molecular formula is C25H23N3O4S. The van der Waals surface area contributed by atoms with E-state index in [0.29, 0.717) is 5.69 Å². The third kappa shape index (κ3) is 4.70. The van der Waals surface area contributed by atoms with E-state index in [1.165, 1.54) is 0 Å². The summed E-state index contributed by atoms with van der Waals surface area (Å²) in [6.45, 7) is 5.46. The molecule has 0 saturated carbocycles. The molecule has 1 aliphatic heterocycles. The van der Waals surface area contributed by atoms with Crippen LogP contribution >= 0.6 is 11.8 Å². The number of aromatic hydroxyl groups is 1. The van der Waals surface area contributed by atoms with Crippen LogP contribution in [0.3, 0.4) is 0 Å². The Morgan fingerprint density at radius 3 is 2.36 bits per heavy atom. The van der Waals surface area contributed by atoms with Crippen molar-refractivity contribution < 1.29 is 19.5 Å². The Morgan fingerprint density at radius 2 is 1.70 bits per heavy atom. The van der Waals surface area contributed by atoms with Crippen LogP contribution in [0.4, 0.5) is 10.5 Å². The first-order valence-corrected chi connectivity index (χ1v) is 11.1. The fraction of sp³-hybridized carbons (Fsp3) is 0.160. The molecule has 1 aromatic heterocycles. The number of carbonyl (C=O) groups is 3. The standard InChI is InChI=1S/C25H23N3O4S/c1-15-4-6-19(7-5-15)26-23(30)14-27-24(31)22(33-25(27)32)13-18-12-16(2)28(17(18)3)20-8-10-21(29)11-9-20/h4-13,29H,14H2,1-3H3,(H,26,30). The third-order valence-electron chi connectivity index (χ3n) is 5.38. The normalized spacial score (nSPS) is 14.9. The first-order chi connectivity index (χ1) is 15.7. The van der Waals surface area contributed by atoms with Gasteiger partial charge in [-0.05, 0) is 86.6 Å². The van der Waals surface area contributed by atoms with Gasteiger partial charge in [-0.3, -0.25) is 19.3 Å². The molecule has 2 N–H and O–H groups in total. The molecule has 0 aliphatic carbocycles. The molecule has 1 saturated heterocycles. The van der Waals surface area contributed by atoms with Gasteiger partial charge >= 0.3 is 0 Å². The summed E-state index contributed by atoms with van der Waals surface area (Å²) in [6, 6.07) is 16.0. The van der Waals surface area contributed by atoms with E-state index in [2.05, 4.69) is 5.32 Å². The van der Waals surface area contributed by atoms with E-state index in [1.54, 1.807) is 42.5 Å². The number of aromatic nitrogens is 1. The fourth-order valence-electron chi connectivity index (χ4n) is 3.69. The van der Waals surface area contributed by atoms with Crippen molar-refractivity contribution in [2.45, 2.75) is 20.8 Å². The van der Waals surface area contributed by atoms with Crippen molar-refractivity contribution in [1.82, 2.24) is 9.47 Å². The van der Waals surface area contributed by atoms with Gasteiger partial charge in [-0.15, -0.1) is 0 Å². The van der Waals surface area contributed by atoms with Gasteiger partial charge in [0.15, 0.2) is 0 Å². The quantitative estimate of drug-likeness (QED) is 0.534. The van der Waals surface area contributed by atoms with E-state index in [9.17, 15) is 19.5 Å². The van der Waals surface area contributed by atoms with Gasteiger partial charge in [-0.1, -0.05) is 17.7 Å². The number of carbonyl (C=O) groups excluding carboxylic acids is 3. The lowest BCUT2D eigenvalue weighted by atomic mass is 10.2. The average molecular weight is 462 g/mol. The Balaban J connectivity index is 1.52. The molecule has 2 aromatic carbocycles. The zero-order valence-corrected chi connectivity index (χ0v) is 19.3. The Kier molecular flexibility index (Phi) is 6.11. The van der Waals surface area contributed by atoms with Gasteiger partial charge in [0.2, 0.25) is 5.91 Å². The van der Waals surface area contributed by atoms with E-state index in [0.717, 1.165) is 44.9 Å². The second-order valence-electron chi connectivity index (χ2n) is 7.86. The highest BCUT2D eigenvalue weighted by atomic mass is 32.2. The number of anilines is 1. The number of benzene rings is 2. The van der Waals surface area contributed by atoms with Crippen molar-refractivity contribution >= 4 is 40.6 Å². The maximum Gasteiger partial charge on any atom is 0.294 e. The first-order valence-electron chi connectivity index (χ1n) is 10.3. The fourth-order valence-corrected chi connectivity index (χ4v) is 4.52. The van der Waals surface area contributed by atoms with E-state index < -0.39 is 17.1 Å². The predicted molar refractivity (Wildman–Crippen MR) is 129 cm³/mol. The molecule has 8 heteroatoms. The number of hydrogen-bond acceptors (Lipinski definition) is 5. The van der Waals surface area contributed by atoms with Crippen molar-refractivity contribution in [1.29, 1.82) is 0 Å². The summed E-state index contributed by atoms with van der Waals surface area (Å²) in [5.74, 6) is -0.743. The zero-order valence-electron chi connectivity index (χ0n) is 18.5. The van der Waals surface area contributed by atoms with Crippen LogP contribution in [0.15, 0.2) is 59.5 Å². The molecule has 4 rings (SSSR count). The molecule has 0 unspecified atom stereocenters. The van der Waals surface area contributed by atoms with Gasteiger partial charge in [0.05, 0.1) is 4.91 Å². The van der Waals surface area contributed by atoms with Gasteiger partial charge in [0.25, 0.3) is 11.1 Å². The third-order valence-corrected chi connectivity index (χ3v) is 6.28. The van der Waals surface area contributed by atoms with Gasteiger partial charge in [0.1, 0.15) is 12.3 Å². The number of aryl methyl sites for hydroxylation is 2. The molecule has 1 aliphatic rings. The molecular weight excluding hydrogens is 438 g/mol. The summed E-state index contributed by atoms with van der Waals surface area (Å²) < 4.78 is 2.00. The maximum atomic E-state index is 12.9. The number of nitrogens with zero attached hydrogens (tertiary/aromatic N) is 2. The Bertz CT molecular complexity index is 1270. The van der Waals surface area contributed by atoms with Crippen LogP contribution in [0.2, 0.25) is 0 Å². The summed E-state index contributed by atoms with van der Waals surface area (Å²) in [5.41, 5.74) is 5.19. The molecule has 33 heavy (non-hydrogen) atoms. The SMILES string of the molecule is Cc1ccc(NC(=O)CN2C(=O)SC(=Cc3cc(C)n(-c4ccc(O)cc4)c3C)C2=O)cc1. The number of hydrogen-bond donors (Lipinski definition) is 2. The number of amides is 3. The largest absolute Gasteiger partial charge is 0.508 e. The van der Waals surface area contributed by atoms with Crippen LogP contribution in [-0.4, -0.2) is 38.2 Å². The van der Waals surface area contributed by atoms with Gasteiger partial charge < -0.3 is 15.0 Å². The molecule has 168 valence electrons. The molecule has 3 amide bonds. The lowest BCUT2D eigenvalue weighted by Gasteiger charge is -2.12. The minimum atomic E-state index is -0.488. The van der Waals surface area contributed by atoms with Crippen LogP contribution in [0, 0.1) is 20.8 Å². The summed E-state index contributed by atoms with van der Waals surface area (Å²) in [5, 5.41) is 11.8. The Hall–Kier alpha value is -3.78. The van der Waals surface area contributed by atoms with Crippen molar-refractivity contribution in [3.63, 3.8) is 0 Å². The smallest absolute Gasteiger partial charge is 0.294 e. The summed E-state index contributed by atoms with van der Waals surface area (Å²) in [6.07, 6.45) is 1.68. The molecule has 1 fully saturated rings. The van der Waals surface area contributed by atoms with E-state index >= 15 is 0 Å². The number of phenols is 1. The highest BCUT2D eigenvalue weighted by Crippen LogP contribution is 2.33. The number of imide groups is 1. The Labute approximate surface area is 195 Å². The molecule has 0 radical (unpaired) electrons. The second kappa shape index (κ2) is 8.99. The van der Waals surface area contributed by atoms with Crippen LogP contribution < -0.4 is 5.32 Å². The zero-order chi connectivity index (χ0) is 23.7. The maximum absolute atomic E-state index is 12.9. The lowest BCUT2D eigenvalue weighted by Crippen LogP contribution is -2.36. The first kappa shape index (κ1) is 22.4. The predicted octanol–water partition coefficient (Wildman–Crippen LogP) is 4.78. The van der Waals surface area contributed by atoms with Gasteiger partial charge in [-0.2, -0.15) is 0 Å². The topological polar surface area (TPSA) is 91.6 Å². The minimum absolute atomic E-state index is 0.182. The average Bonchev–Trinajstić information content (AvgIpc) is 3.20. The highest BCUT2D eigenvalue weighted by molar-refractivity contribution is 8.18. The number of thioether (sulfide) groups is 1. The monoisotopic (exact) mass is 461 g/mol. The molecule has 0 bridgehead atoms. The van der Waals surface area contributed by atoms with Crippen LogP contribution in [-0.2, 0) is 9.59 Å². The summed E-state index contributed by atoms with van der Waals surface area (Å²) in [4.78, 5) is 38.9. The number of nitrogens with one attached hydrogen (secondary N) is 1. The van der Waals surface area contributed by atoms with Gasteiger partial charge in [0, 0.05) is 22.8 Å². The van der Waals surface area contributed by atoms with E-state index in [1.807, 2.05) is 43.5 Å². The lowest BCUT2D eigenvalue weighted by molar-refractivity contribution is -0.127. The number of rotatable bonds is 5. The number of phenolic OH excluding ortho intramolecular Hbond substituents is 1. The molecule has 3 aromatic rings.